The van der Waals surface area contributed by atoms with E-state index in [1.807, 2.05) is 0 Å². The Morgan fingerprint density at radius 2 is 1.86 bits per heavy atom. The molecule has 0 saturated carbocycles. The fourth-order valence-corrected chi connectivity index (χ4v) is 1.54. The molecule has 86 valence electrons. The predicted molar refractivity (Wildman–Crippen MR) is 66.2 cm³/mol. The van der Waals surface area contributed by atoms with Gasteiger partial charge in [0.25, 0.3) is 0 Å². The van der Waals surface area contributed by atoms with Crippen LogP contribution in [0.15, 0.2) is 0 Å². The van der Waals surface area contributed by atoms with Crippen molar-refractivity contribution in [3.05, 3.63) is 0 Å². The van der Waals surface area contributed by atoms with Gasteiger partial charge >= 0.3 is 0 Å². The molecule has 0 bridgehead atoms. The third kappa shape index (κ3) is 12.4. The Bertz CT molecular complexity index is 89.3. The Morgan fingerprint density at radius 3 is 2.57 bits per heavy atom. The van der Waals surface area contributed by atoms with E-state index >= 15 is 0 Å². The summed E-state index contributed by atoms with van der Waals surface area (Å²) in [6.45, 7) is 6.09. The van der Waals surface area contributed by atoms with Crippen LogP contribution in [0.25, 0.3) is 0 Å². The minimum atomic E-state index is 0.860. The first-order chi connectivity index (χ1) is 6.91. The van der Waals surface area contributed by atoms with Gasteiger partial charge in [-0.3, -0.25) is 0 Å². The summed E-state index contributed by atoms with van der Waals surface area (Å²) >= 11 is 3.43. The molecular formula is C11H24BrNO. The van der Waals surface area contributed by atoms with Crippen molar-refractivity contribution in [3.63, 3.8) is 0 Å². The zero-order valence-corrected chi connectivity index (χ0v) is 10.9. The van der Waals surface area contributed by atoms with Gasteiger partial charge in [0, 0.05) is 18.5 Å². The highest BCUT2D eigenvalue weighted by Crippen LogP contribution is 1.96. The van der Waals surface area contributed by atoms with Crippen molar-refractivity contribution in [2.45, 2.75) is 39.0 Å². The first-order valence-corrected chi connectivity index (χ1v) is 6.88. The first kappa shape index (κ1) is 14.4. The highest BCUT2D eigenvalue weighted by Gasteiger charge is 1.89. The molecule has 3 heteroatoms. The van der Waals surface area contributed by atoms with Crippen molar-refractivity contribution in [1.29, 1.82) is 0 Å². The summed E-state index contributed by atoms with van der Waals surface area (Å²) in [6.07, 6.45) is 6.29. The second-order valence-electron chi connectivity index (χ2n) is 3.47. The summed E-state index contributed by atoms with van der Waals surface area (Å²) in [5.74, 6) is 0. The van der Waals surface area contributed by atoms with Gasteiger partial charge in [0.05, 0.1) is 6.61 Å². The van der Waals surface area contributed by atoms with Crippen molar-refractivity contribution < 1.29 is 4.74 Å². The first-order valence-electron chi connectivity index (χ1n) is 5.76. The van der Waals surface area contributed by atoms with E-state index in [0.29, 0.717) is 0 Å². The molecule has 0 unspecified atom stereocenters. The molecule has 0 radical (unpaired) electrons. The van der Waals surface area contributed by atoms with E-state index in [-0.39, 0.29) is 0 Å². The van der Waals surface area contributed by atoms with Crippen LogP contribution in [-0.2, 0) is 4.74 Å². The zero-order chi connectivity index (χ0) is 10.5. The van der Waals surface area contributed by atoms with E-state index in [1.165, 1.54) is 32.1 Å². The molecule has 0 aromatic carbocycles. The highest BCUT2D eigenvalue weighted by atomic mass is 79.9. The summed E-state index contributed by atoms with van der Waals surface area (Å²) in [5, 5.41) is 4.51. The molecule has 2 nitrogen and oxygen atoms in total. The van der Waals surface area contributed by atoms with Crippen LogP contribution in [0.2, 0.25) is 0 Å². The molecule has 0 spiro atoms. The number of ether oxygens (including phenoxy) is 1. The monoisotopic (exact) mass is 265 g/mol. The molecule has 1 N–H and O–H groups in total. The number of rotatable bonds is 11. The average molecular weight is 266 g/mol. The van der Waals surface area contributed by atoms with Crippen molar-refractivity contribution in [3.8, 4) is 0 Å². The normalized spacial score (nSPS) is 10.7. The lowest BCUT2D eigenvalue weighted by Gasteiger charge is -2.05. The molecule has 0 heterocycles. The fraction of sp³-hybridized carbons (Fsp3) is 1.00. The number of halogens is 1. The van der Waals surface area contributed by atoms with Gasteiger partial charge in [-0.2, -0.15) is 0 Å². The van der Waals surface area contributed by atoms with E-state index in [0.717, 1.165) is 31.6 Å². The second kappa shape index (κ2) is 13.4. The van der Waals surface area contributed by atoms with Gasteiger partial charge in [-0.05, 0) is 25.8 Å². The Labute approximate surface area is 96.9 Å². The molecular weight excluding hydrogens is 242 g/mol. The van der Waals surface area contributed by atoms with Gasteiger partial charge in [-0.1, -0.05) is 35.7 Å². The Hall–Kier alpha value is 0.400. The summed E-state index contributed by atoms with van der Waals surface area (Å²) in [6, 6.07) is 0. The van der Waals surface area contributed by atoms with Crippen molar-refractivity contribution in [2.75, 3.05) is 31.6 Å². The van der Waals surface area contributed by atoms with Crippen LogP contribution in [0.1, 0.15) is 39.0 Å². The number of nitrogens with one attached hydrogen (secondary N) is 1. The van der Waals surface area contributed by atoms with Crippen LogP contribution >= 0.6 is 15.9 Å². The quantitative estimate of drug-likeness (QED) is 0.458. The molecule has 0 aromatic rings. The summed E-state index contributed by atoms with van der Waals surface area (Å²) in [7, 11) is 0. The molecule has 14 heavy (non-hydrogen) atoms. The van der Waals surface area contributed by atoms with Crippen molar-refractivity contribution >= 4 is 15.9 Å². The van der Waals surface area contributed by atoms with E-state index in [1.54, 1.807) is 0 Å². The summed E-state index contributed by atoms with van der Waals surface area (Å²) in [5.41, 5.74) is 0. The van der Waals surface area contributed by atoms with Gasteiger partial charge < -0.3 is 10.1 Å². The number of hydrogen-bond donors (Lipinski definition) is 1. The van der Waals surface area contributed by atoms with Crippen LogP contribution < -0.4 is 5.32 Å². The van der Waals surface area contributed by atoms with Crippen LogP contribution in [0.5, 0.6) is 0 Å². The number of unbranched alkanes of at least 4 members (excludes halogenated alkanes) is 3. The van der Waals surface area contributed by atoms with Crippen LogP contribution in [0.3, 0.4) is 0 Å². The van der Waals surface area contributed by atoms with Crippen LogP contribution in [-0.4, -0.2) is 31.6 Å². The van der Waals surface area contributed by atoms with Gasteiger partial charge in [0.15, 0.2) is 0 Å². The van der Waals surface area contributed by atoms with Gasteiger partial charge in [0.1, 0.15) is 0 Å². The molecule has 0 rings (SSSR count). The number of alkyl halides is 1. The van der Waals surface area contributed by atoms with Gasteiger partial charge in [-0.15, -0.1) is 0 Å². The smallest absolute Gasteiger partial charge is 0.0590 e. The molecule has 0 amide bonds. The standard InChI is InChI=1S/C11H24BrNO/c1-2-3-10-14-11-9-13-8-6-4-5-7-12/h13H,2-11H2,1H3. The highest BCUT2D eigenvalue weighted by molar-refractivity contribution is 9.09. The van der Waals surface area contributed by atoms with E-state index in [9.17, 15) is 0 Å². The molecule has 0 aliphatic carbocycles. The molecule has 0 saturated heterocycles. The Morgan fingerprint density at radius 1 is 1.00 bits per heavy atom. The fourth-order valence-electron chi connectivity index (χ4n) is 1.14. The largest absolute Gasteiger partial charge is 0.380 e. The summed E-state index contributed by atoms with van der Waals surface area (Å²) < 4.78 is 5.43. The molecule has 0 aliphatic rings. The minimum absolute atomic E-state index is 0.860. The topological polar surface area (TPSA) is 21.3 Å². The summed E-state index contributed by atoms with van der Waals surface area (Å²) in [4.78, 5) is 0. The second-order valence-corrected chi connectivity index (χ2v) is 4.26. The lowest BCUT2D eigenvalue weighted by atomic mass is 10.2. The Kier molecular flexibility index (Phi) is 13.8. The lowest BCUT2D eigenvalue weighted by molar-refractivity contribution is 0.133. The van der Waals surface area contributed by atoms with Crippen LogP contribution in [0, 0.1) is 0 Å². The molecule has 0 aliphatic heterocycles. The lowest BCUT2D eigenvalue weighted by Crippen LogP contribution is -2.21. The van der Waals surface area contributed by atoms with Crippen molar-refractivity contribution in [2.24, 2.45) is 0 Å². The minimum Gasteiger partial charge on any atom is -0.380 e. The maximum Gasteiger partial charge on any atom is 0.0590 e. The average Bonchev–Trinajstić information content (AvgIpc) is 2.21. The third-order valence-corrected chi connectivity index (χ3v) is 2.61. The van der Waals surface area contributed by atoms with Gasteiger partial charge in [-0.25, -0.2) is 0 Å². The molecule has 0 fully saturated rings. The maximum atomic E-state index is 5.43. The molecule has 0 atom stereocenters. The third-order valence-electron chi connectivity index (χ3n) is 2.05. The van der Waals surface area contributed by atoms with E-state index in [2.05, 4.69) is 28.2 Å². The number of hydrogen-bond acceptors (Lipinski definition) is 2. The maximum absolute atomic E-state index is 5.43. The van der Waals surface area contributed by atoms with E-state index in [4.69, 9.17) is 4.74 Å². The van der Waals surface area contributed by atoms with Gasteiger partial charge in [0.2, 0.25) is 0 Å². The van der Waals surface area contributed by atoms with Crippen LogP contribution in [0.4, 0.5) is 0 Å². The SMILES string of the molecule is CCCCOCCNCCCCCBr. The zero-order valence-electron chi connectivity index (χ0n) is 9.36. The van der Waals surface area contributed by atoms with E-state index < -0.39 is 0 Å². The Balaban J connectivity index is 2.78. The molecule has 0 aromatic heterocycles. The predicted octanol–water partition coefficient (Wildman–Crippen LogP) is 2.96. The van der Waals surface area contributed by atoms with Crippen molar-refractivity contribution in [1.82, 2.24) is 5.32 Å².